The molecule has 0 aromatic carbocycles. The highest BCUT2D eigenvalue weighted by Crippen LogP contribution is 2.22. The highest BCUT2D eigenvalue weighted by molar-refractivity contribution is 6.30. The Balaban J connectivity index is 2.00. The van der Waals surface area contributed by atoms with Gasteiger partial charge in [0.05, 0.1) is 0 Å². The van der Waals surface area contributed by atoms with E-state index in [2.05, 4.69) is 15.0 Å². The minimum absolute atomic E-state index is 0.0630. The van der Waals surface area contributed by atoms with Gasteiger partial charge < -0.3 is 4.90 Å². The van der Waals surface area contributed by atoms with Crippen LogP contribution in [-0.4, -0.2) is 28.9 Å². The van der Waals surface area contributed by atoms with Crippen LogP contribution in [0, 0.1) is 5.92 Å². The molecule has 1 aromatic rings. The average molecular weight is 266 g/mol. The summed E-state index contributed by atoms with van der Waals surface area (Å²) in [6.07, 6.45) is 2.04. The monoisotopic (exact) mass is 265 g/mol. The van der Waals surface area contributed by atoms with Gasteiger partial charge in [0, 0.05) is 42.7 Å². The minimum Gasteiger partial charge on any atom is -0.338 e. The molecule has 0 N–H and O–H groups in total. The number of hydrogen-bond donors (Lipinski definition) is 0. The van der Waals surface area contributed by atoms with Gasteiger partial charge in [-0.25, -0.2) is 4.98 Å². The van der Waals surface area contributed by atoms with Crippen molar-refractivity contribution in [2.75, 3.05) is 13.1 Å². The second-order valence-electron chi connectivity index (χ2n) is 4.21. The average Bonchev–Trinajstić information content (AvgIpc) is 2.70. The summed E-state index contributed by atoms with van der Waals surface area (Å²) in [5, 5.41) is 3.93. The summed E-state index contributed by atoms with van der Waals surface area (Å²) < 4.78 is 0. The van der Waals surface area contributed by atoms with Gasteiger partial charge in [-0.1, -0.05) is 22.8 Å². The van der Waals surface area contributed by atoms with E-state index in [4.69, 9.17) is 17.1 Å². The number of nitrogens with zero attached hydrogens (tertiary/aromatic N) is 5. The Morgan fingerprint density at radius 1 is 1.67 bits per heavy atom. The van der Waals surface area contributed by atoms with Crippen molar-refractivity contribution in [1.82, 2.24) is 9.88 Å². The molecular weight excluding hydrogens is 254 g/mol. The molecule has 0 bridgehead atoms. The molecule has 0 radical (unpaired) electrons. The molecule has 1 atom stereocenters. The van der Waals surface area contributed by atoms with E-state index in [9.17, 15) is 4.79 Å². The number of azide groups is 1. The Morgan fingerprint density at radius 3 is 3.22 bits per heavy atom. The van der Waals surface area contributed by atoms with Crippen LogP contribution in [0.15, 0.2) is 23.4 Å². The van der Waals surface area contributed by atoms with Crippen molar-refractivity contribution < 1.29 is 4.79 Å². The van der Waals surface area contributed by atoms with Crippen LogP contribution in [0.3, 0.4) is 0 Å². The van der Waals surface area contributed by atoms with Gasteiger partial charge in [-0.3, -0.25) is 4.79 Å². The maximum absolute atomic E-state index is 11.8. The molecule has 1 amide bonds. The van der Waals surface area contributed by atoms with Crippen LogP contribution in [0.1, 0.15) is 12.0 Å². The van der Waals surface area contributed by atoms with Crippen molar-refractivity contribution in [3.05, 3.63) is 39.5 Å². The Hall–Kier alpha value is -1.78. The zero-order valence-corrected chi connectivity index (χ0v) is 10.4. The third-order valence-electron chi connectivity index (χ3n) is 2.90. The first-order chi connectivity index (χ1) is 8.70. The van der Waals surface area contributed by atoms with E-state index < -0.39 is 0 Å². The summed E-state index contributed by atoms with van der Waals surface area (Å²) in [4.78, 5) is 20.2. The summed E-state index contributed by atoms with van der Waals surface area (Å²) in [6, 6.07) is 3.64. The van der Waals surface area contributed by atoms with Crippen molar-refractivity contribution in [2.45, 2.75) is 13.0 Å². The van der Waals surface area contributed by atoms with E-state index in [1.807, 2.05) is 6.07 Å². The van der Waals surface area contributed by atoms with Crippen molar-refractivity contribution in [3.63, 3.8) is 0 Å². The summed E-state index contributed by atoms with van der Waals surface area (Å²) in [5.74, 6) is 0.164. The molecule has 0 aliphatic carbocycles. The SMILES string of the molecule is [N-]=[N+]=NCC1CC(=O)N(Cc2cccnc2Cl)C1. The third kappa shape index (κ3) is 2.91. The molecule has 0 spiro atoms. The standard InChI is InChI=1S/C11H12ClN5O/c12-11-9(2-1-3-14-11)7-17-6-8(4-10(17)18)5-15-16-13/h1-3,8H,4-7H2. The molecule has 1 unspecified atom stereocenters. The van der Waals surface area contributed by atoms with Crippen LogP contribution >= 0.6 is 11.6 Å². The minimum atomic E-state index is 0.0630. The van der Waals surface area contributed by atoms with E-state index in [-0.39, 0.29) is 11.8 Å². The predicted molar refractivity (Wildman–Crippen MR) is 66.8 cm³/mol. The van der Waals surface area contributed by atoms with Gasteiger partial charge in [-0.15, -0.1) is 0 Å². The molecule has 2 rings (SSSR count). The van der Waals surface area contributed by atoms with Gasteiger partial charge in [0.15, 0.2) is 0 Å². The molecule has 1 aliphatic rings. The first-order valence-electron chi connectivity index (χ1n) is 5.58. The van der Waals surface area contributed by atoms with Crippen LogP contribution in [0.2, 0.25) is 5.15 Å². The number of halogens is 1. The highest BCUT2D eigenvalue weighted by Gasteiger charge is 2.29. The molecule has 1 aliphatic heterocycles. The molecule has 18 heavy (non-hydrogen) atoms. The molecule has 7 heteroatoms. The summed E-state index contributed by atoms with van der Waals surface area (Å²) >= 11 is 5.95. The molecule has 6 nitrogen and oxygen atoms in total. The predicted octanol–water partition coefficient (Wildman–Crippen LogP) is 2.39. The first kappa shape index (κ1) is 12.7. The van der Waals surface area contributed by atoms with Gasteiger partial charge in [-0.05, 0) is 17.5 Å². The quantitative estimate of drug-likeness (QED) is 0.362. The number of pyridine rings is 1. The van der Waals surface area contributed by atoms with Gasteiger partial charge >= 0.3 is 0 Å². The number of carbonyl (C=O) groups excluding carboxylic acids is 1. The Bertz CT molecular complexity index is 500. The second kappa shape index (κ2) is 5.71. The molecule has 1 aromatic heterocycles. The number of amides is 1. The lowest BCUT2D eigenvalue weighted by molar-refractivity contribution is -0.128. The van der Waals surface area contributed by atoms with Gasteiger partial charge in [-0.2, -0.15) is 0 Å². The second-order valence-corrected chi connectivity index (χ2v) is 4.57. The maximum Gasteiger partial charge on any atom is 0.223 e. The number of hydrogen-bond acceptors (Lipinski definition) is 3. The van der Waals surface area contributed by atoms with E-state index in [0.29, 0.717) is 31.2 Å². The Morgan fingerprint density at radius 2 is 2.50 bits per heavy atom. The molecule has 0 saturated carbocycles. The molecular formula is C11H12ClN5O. The third-order valence-corrected chi connectivity index (χ3v) is 3.24. The normalized spacial score (nSPS) is 18.8. The van der Waals surface area contributed by atoms with Crippen LogP contribution in [0.4, 0.5) is 0 Å². The number of carbonyl (C=O) groups is 1. The fourth-order valence-electron chi connectivity index (χ4n) is 2.02. The first-order valence-corrected chi connectivity index (χ1v) is 5.96. The van der Waals surface area contributed by atoms with Crippen molar-refractivity contribution in [1.29, 1.82) is 0 Å². The van der Waals surface area contributed by atoms with E-state index in [0.717, 1.165) is 5.56 Å². The van der Waals surface area contributed by atoms with E-state index >= 15 is 0 Å². The van der Waals surface area contributed by atoms with Crippen LogP contribution < -0.4 is 0 Å². The van der Waals surface area contributed by atoms with E-state index in [1.54, 1.807) is 17.2 Å². The van der Waals surface area contributed by atoms with Gasteiger partial charge in [0.1, 0.15) is 5.15 Å². The number of aromatic nitrogens is 1. The molecule has 1 saturated heterocycles. The smallest absolute Gasteiger partial charge is 0.223 e. The van der Waals surface area contributed by atoms with Crippen LogP contribution in [0.25, 0.3) is 10.4 Å². The summed E-state index contributed by atoms with van der Waals surface area (Å²) in [7, 11) is 0. The zero-order chi connectivity index (χ0) is 13.0. The topological polar surface area (TPSA) is 82.0 Å². The Labute approximate surface area is 109 Å². The van der Waals surface area contributed by atoms with Gasteiger partial charge in [0.25, 0.3) is 0 Å². The zero-order valence-electron chi connectivity index (χ0n) is 9.66. The number of likely N-dealkylation sites (tertiary alicyclic amines) is 1. The lowest BCUT2D eigenvalue weighted by atomic mass is 10.1. The lowest BCUT2D eigenvalue weighted by Gasteiger charge is -2.16. The van der Waals surface area contributed by atoms with Crippen LogP contribution in [-0.2, 0) is 11.3 Å². The number of rotatable bonds is 4. The lowest BCUT2D eigenvalue weighted by Crippen LogP contribution is -2.25. The van der Waals surface area contributed by atoms with Crippen molar-refractivity contribution >= 4 is 17.5 Å². The summed E-state index contributed by atoms with van der Waals surface area (Å²) in [6.45, 7) is 1.42. The molecule has 94 valence electrons. The van der Waals surface area contributed by atoms with Crippen molar-refractivity contribution in [2.24, 2.45) is 11.0 Å². The van der Waals surface area contributed by atoms with Crippen molar-refractivity contribution in [3.8, 4) is 0 Å². The maximum atomic E-state index is 11.8. The van der Waals surface area contributed by atoms with Crippen LogP contribution in [0.5, 0.6) is 0 Å². The Kier molecular flexibility index (Phi) is 4.02. The molecule has 1 fully saturated rings. The highest BCUT2D eigenvalue weighted by atomic mass is 35.5. The van der Waals surface area contributed by atoms with E-state index in [1.165, 1.54) is 0 Å². The fraction of sp³-hybridized carbons (Fsp3) is 0.455. The fourth-order valence-corrected chi connectivity index (χ4v) is 2.20. The molecule has 2 heterocycles. The largest absolute Gasteiger partial charge is 0.338 e. The van der Waals surface area contributed by atoms with Gasteiger partial charge in [0.2, 0.25) is 5.91 Å². The summed E-state index contributed by atoms with van der Waals surface area (Å²) in [5.41, 5.74) is 9.09.